The van der Waals surface area contributed by atoms with Crippen molar-refractivity contribution in [3.05, 3.63) is 70.3 Å². The molecule has 29 heavy (non-hydrogen) atoms. The Morgan fingerprint density at radius 3 is 2.07 bits per heavy atom. The van der Waals surface area contributed by atoms with Crippen LogP contribution in [0.2, 0.25) is 0 Å². The fourth-order valence-electron chi connectivity index (χ4n) is 4.92. The summed E-state index contributed by atoms with van der Waals surface area (Å²) in [4.78, 5) is 11.4. The number of carboxylic acid groups (broad SMARTS) is 1. The summed E-state index contributed by atoms with van der Waals surface area (Å²) in [5.41, 5.74) is 8.59. The van der Waals surface area contributed by atoms with Gasteiger partial charge in [-0.3, -0.25) is 0 Å². The summed E-state index contributed by atoms with van der Waals surface area (Å²) in [6, 6.07) is 14.4. The van der Waals surface area contributed by atoms with Crippen molar-refractivity contribution in [1.29, 1.82) is 0 Å². The molecule has 0 unspecified atom stereocenters. The highest BCUT2D eigenvalue weighted by molar-refractivity contribution is 6.02. The molecule has 3 aromatic rings. The highest BCUT2D eigenvalue weighted by Crippen LogP contribution is 2.48. The van der Waals surface area contributed by atoms with Crippen LogP contribution < -0.4 is 0 Å². The molecule has 3 aromatic carbocycles. The number of fused-ring (bicyclic) bond motifs is 2. The number of carbonyl (C=O) groups is 1. The van der Waals surface area contributed by atoms with Crippen molar-refractivity contribution in [3.8, 4) is 11.1 Å². The first-order chi connectivity index (χ1) is 13.5. The fraction of sp³-hybridized carbons (Fsp3) is 0.370. The summed E-state index contributed by atoms with van der Waals surface area (Å²) < 4.78 is 0. The van der Waals surface area contributed by atoms with Crippen LogP contribution in [0.3, 0.4) is 0 Å². The predicted molar refractivity (Wildman–Crippen MR) is 121 cm³/mol. The van der Waals surface area contributed by atoms with Crippen LogP contribution >= 0.6 is 0 Å². The predicted octanol–water partition coefficient (Wildman–Crippen LogP) is 7.17. The Morgan fingerprint density at radius 2 is 1.45 bits per heavy atom. The van der Waals surface area contributed by atoms with Crippen molar-refractivity contribution >= 4 is 16.7 Å². The zero-order chi connectivity index (χ0) is 21.1. The second-order valence-electron chi connectivity index (χ2n) is 9.98. The lowest BCUT2D eigenvalue weighted by atomic mass is 9.62. The molecule has 0 amide bonds. The average molecular weight is 387 g/mol. The normalized spacial score (nSPS) is 17.2. The van der Waals surface area contributed by atoms with Gasteiger partial charge in [0.15, 0.2) is 0 Å². The van der Waals surface area contributed by atoms with E-state index in [0.717, 1.165) is 10.8 Å². The smallest absolute Gasteiger partial charge is 0.335 e. The highest BCUT2D eigenvalue weighted by Gasteiger charge is 2.37. The van der Waals surface area contributed by atoms with E-state index >= 15 is 0 Å². The molecular formula is C27H30O2. The Balaban J connectivity index is 2.02. The van der Waals surface area contributed by atoms with Gasteiger partial charge in [0.25, 0.3) is 0 Å². The first-order valence-corrected chi connectivity index (χ1v) is 10.4. The average Bonchev–Trinajstić information content (AvgIpc) is 2.65. The summed E-state index contributed by atoms with van der Waals surface area (Å²) in [5.74, 6) is -0.886. The van der Waals surface area contributed by atoms with E-state index in [-0.39, 0.29) is 10.8 Å². The molecule has 0 aliphatic heterocycles. The molecule has 2 nitrogen and oxygen atoms in total. The van der Waals surface area contributed by atoms with Crippen molar-refractivity contribution in [2.75, 3.05) is 0 Å². The van der Waals surface area contributed by atoms with Crippen LogP contribution in [0.15, 0.2) is 42.5 Å². The first kappa shape index (κ1) is 19.7. The Hall–Kier alpha value is -2.61. The minimum absolute atomic E-state index is 0.155. The molecule has 1 aliphatic carbocycles. The number of rotatable bonds is 2. The van der Waals surface area contributed by atoms with E-state index in [2.05, 4.69) is 59.7 Å². The van der Waals surface area contributed by atoms with Gasteiger partial charge in [-0.05, 0) is 93.8 Å². The molecule has 0 saturated heterocycles. The van der Waals surface area contributed by atoms with Crippen LogP contribution in [0.1, 0.15) is 73.1 Å². The number of aromatic carboxylic acids is 1. The van der Waals surface area contributed by atoms with Crippen LogP contribution in [-0.4, -0.2) is 11.1 Å². The van der Waals surface area contributed by atoms with Crippen molar-refractivity contribution in [1.82, 2.24) is 0 Å². The number of hydrogen-bond acceptors (Lipinski definition) is 1. The quantitative estimate of drug-likeness (QED) is 0.507. The Kier molecular flexibility index (Phi) is 4.38. The lowest BCUT2D eigenvalue weighted by molar-refractivity contribution is 0.0697. The van der Waals surface area contributed by atoms with Crippen LogP contribution in [0.25, 0.3) is 21.9 Å². The molecule has 0 atom stereocenters. The topological polar surface area (TPSA) is 37.3 Å². The Bertz CT molecular complexity index is 1150. The molecule has 150 valence electrons. The van der Waals surface area contributed by atoms with Crippen LogP contribution in [-0.2, 0) is 10.8 Å². The van der Waals surface area contributed by atoms with Crippen molar-refractivity contribution in [2.45, 2.75) is 65.2 Å². The maximum Gasteiger partial charge on any atom is 0.335 e. The van der Waals surface area contributed by atoms with Gasteiger partial charge in [-0.1, -0.05) is 58.0 Å². The molecule has 2 heteroatoms. The number of benzene rings is 3. The summed E-state index contributed by atoms with van der Waals surface area (Å²) in [6.45, 7) is 13.8. The minimum atomic E-state index is -0.886. The molecule has 0 aromatic heterocycles. The third-order valence-corrected chi connectivity index (χ3v) is 6.94. The van der Waals surface area contributed by atoms with Gasteiger partial charge in [0.05, 0.1) is 5.56 Å². The fourth-order valence-corrected chi connectivity index (χ4v) is 4.92. The van der Waals surface area contributed by atoms with E-state index in [1.807, 2.05) is 12.1 Å². The molecule has 0 fully saturated rings. The summed E-state index contributed by atoms with van der Waals surface area (Å²) in [5, 5.41) is 11.5. The zero-order valence-corrected chi connectivity index (χ0v) is 18.3. The van der Waals surface area contributed by atoms with Gasteiger partial charge >= 0.3 is 5.97 Å². The van der Waals surface area contributed by atoms with Crippen molar-refractivity contribution < 1.29 is 9.90 Å². The van der Waals surface area contributed by atoms with Gasteiger partial charge in [0, 0.05) is 0 Å². The second-order valence-corrected chi connectivity index (χ2v) is 9.98. The Morgan fingerprint density at radius 1 is 0.828 bits per heavy atom. The SMILES string of the molecule is Cc1cc2c(cc1-c1c(C)ccc3cc(C(=O)O)ccc13)C(C)(C)CCC2(C)C. The molecule has 4 rings (SSSR count). The van der Waals surface area contributed by atoms with Gasteiger partial charge in [-0.15, -0.1) is 0 Å². The molecule has 0 radical (unpaired) electrons. The van der Waals surface area contributed by atoms with E-state index < -0.39 is 5.97 Å². The molecule has 0 spiro atoms. The third kappa shape index (κ3) is 3.15. The van der Waals surface area contributed by atoms with Crippen molar-refractivity contribution in [2.24, 2.45) is 0 Å². The van der Waals surface area contributed by atoms with Crippen molar-refractivity contribution in [3.63, 3.8) is 0 Å². The van der Waals surface area contributed by atoms with E-state index in [1.54, 1.807) is 12.1 Å². The van der Waals surface area contributed by atoms with E-state index in [1.165, 1.54) is 46.2 Å². The Labute approximate surface area is 173 Å². The molecular weight excluding hydrogens is 356 g/mol. The maximum atomic E-state index is 11.4. The zero-order valence-electron chi connectivity index (χ0n) is 18.3. The number of hydrogen-bond donors (Lipinski definition) is 1. The van der Waals surface area contributed by atoms with Gasteiger partial charge in [-0.25, -0.2) is 4.79 Å². The molecule has 1 N–H and O–H groups in total. The maximum absolute atomic E-state index is 11.4. The molecule has 0 saturated carbocycles. The summed E-state index contributed by atoms with van der Waals surface area (Å²) >= 11 is 0. The van der Waals surface area contributed by atoms with Gasteiger partial charge in [-0.2, -0.15) is 0 Å². The third-order valence-electron chi connectivity index (χ3n) is 6.94. The highest BCUT2D eigenvalue weighted by atomic mass is 16.4. The van der Waals surface area contributed by atoms with Crippen LogP contribution in [0.5, 0.6) is 0 Å². The molecule has 0 bridgehead atoms. The molecule has 0 heterocycles. The lowest BCUT2D eigenvalue weighted by Gasteiger charge is -2.42. The minimum Gasteiger partial charge on any atom is -0.478 e. The van der Waals surface area contributed by atoms with Gasteiger partial charge < -0.3 is 5.11 Å². The summed E-state index contributed by atoms with van der Waals surface area (Å²) in [7, 11) is 0. The number of aryl methyl sites for hydroxylation is 2. The van der Waals surface area contributed by atoms with Gasteiger partial charge in [0.1, 0.15) is 0 Å². The second kappa shape index (κ2) is 6.45. The molecule has 1 aliphatic rings. The standard InChI is InChI=1S/C27H30O2/c1-16-7-8-18-14-19(25(28)29)9-10-20(18)24(16)21-15-23-22(13-17(21)2)26(3,4)11-12-27(23,5)6/h7-10,13-15H,11-12H2,1-6H3,(H,28,29). The monoisotopic (exact) mass is 386 g/mol. The van der Waals surface area contributed by atoms with E-state index in [4.69, 9.17) is 0 Å². The number of carboxylic acids is 1. The summed E-state index contributed by atoms with van der Waals surface area (Å²) in [6.07, 6.45) is 2.39. The largest absolute Gasteiger partial charge is 0.478 e. The lowest BCUT2D eigenvalue weighted by Crippen LogP contribution is -2.34. The van der Waals surface area contributed by atoms with Crippen LogP contribution in [0.4, 0.5) is 0 Å². The van der Waals surface area contributed by atoms with E-state index in [0.29, 0.717) is 5.56 Å². The van der Waals surface area contributed by atoms with Gasteiger partial charge in [0.2, 0.25) is 0 Å². The van der Waals surface area contributed by atoms with E-state index in [9.17, 15) is 9.90 Å². The van der Waals surface area contributed by atoms with Crippen LogP contribution in [0, 0.1) is 13.8 Å². The first-order valence-electron chi connectivity index (χ1n) is 10.4.